The minimum absolute atomic E-state index is 0.137. The molecule has 2 rings (SSSR count). The molecule has 4 heteroatoms. The molecule has 1 aliphatic heterocycles. The summed E-state index contributed by atoms with van der Waals surface area (Å²) in [4.78, 5) is 12.1. The second-order valence-electron chi connectivity index (χ2n) is 5.63. The number of nitrogens with zero attached hydrogens (tertiary/aromatic N) is 1. The zero-order valence-corrected chi connectivity index (χ0v) is 10.5. The normalized spacial score (nSPS) is 32.0. The van der Waals surface area contributed by atoms with E-state index in [2.05, 4.69) is 5.32 Å². The molecule has 1 saturated heterocycles. The van der Waals surface area contributed by atoms with Crippen molar-refractivity contribution in [2.45, 2.75) is 44.4 Å². The third kappa shape index (κ3) is 2.31. The molecule has 92 valence electrons. The number of nitrogens with one attached hydrogen (secondary N) is 1. The zero-order chi connectivity index (χ0) is 12.7. The lowest BCUT2D eigenvalue weighted by Gasteiger charge is -2.41. The fourth-order valence-corrected chi connectivity index (χ4v) is 2.76. The van der Waals surface area contributed by atoms with Crippen molar-refractivity contribution in [3.8, 4) is 0 Å². The highest BCUT2D eigenvalue weighted by Gasteiger charge is 2.52. The molecule has 2 N–H and O–H groups in total. The van der Waals surface area contributed by atoms with Gasteiger partial charge in [0.05, 0.1) is 0 Å². The van der Waals surface area contributed by atoms with Crippen LogP contribution in [-0.4, -0.2) is 22.2 Å². The number of amides is 1. The van der Waals surface area contributed by atoms with E-state index in [4.69, 9.17) is 0 Å². The van der Waals surface area contributed by atoms with Gasteiger partial charge in [-0.15, -0.1) is 0 Å². The Morgan fingerprint density at radius 1 is 1.29 bits per heavy atom. The molecular formula is C13H19N2O2+. The molecule has 0 radical (unpaired) electrons. The summed E-state index contributed by atoms with van der Waals surface area (Å²) in [7, 11) is 0. The Morgan fingerprint density at radius 3 is 2.41 bits per heavy atom. The van der Waals surface area contributed by atoms with Gasteiger partial charge in [0.2, 0.25) is 0 Å². The molecule has 4 nitrogen and oxygen atoms in total. The fourth-order valence-electron chi connectivity index (χ4n) is 2.76. The van der Waals surface area contributed by atoms with Gasteiger partial charge in [-0.2, -0.15) is 4.57 Å². The number of piperidine rings is 1. The van der Waals surface area contributed by atoms with E-state index in [1.165, 1.54) is 0 Å². The van der Waals surface area contributed by atoms with Gasteiger partial charge in [-0.05, 0) is 20.8 Å². The van der Waals surface area contributed by atoms with E-state index in [9.17, 15) is 9.90 Å². The second kappa shape index (κ2) is 3.81. The molecule has 1 aromatic rings. The monoisotopic (exact) mass is 235 g/mol. The van der Waals surface area contributed by atoms with Crippen molar-refractivity contribution in [3.63, 3.8) is 0 Å². The molecule has 1 aromatic heterocycles. The first kappa shape index (κ1) is 12.0. The fraction of sp³-hybridized carbons (Fsp3) is 0.538. The molecule has 0 bridgehead atoms. The van der Waals surface area contributed by atoms with Gasteiger partial charge in [0, 0.05) is 24.1 Å². The van der Waals surface area contributed by atoms with Crippen LogP contribution in [0.5, 0.6) is 0 Å². The summed E-state index contributed by atoms with van der Waals surface area (Å²) < 4.78 is 1.75. The Labute approximate surface area is 101 Å². The van der Waals surface area contributed by atoms with Gasteiger partial charge < -0.3 is 10.4 Å². The maximum absolute atomic E-state index is 12.1. The smallest absolute Gasteiger partial charge is 0.292 e. The lowest BCUT2D eigenvalue weighted by atomic mass is 9.78. The van der Waals surface area contributed by atoms with Crippen LogP contribution >= 0.6 is 0 Å². The average Bonchev–Trinajstić information content (AvgIpc) is 2.14. The minimum atomic E-state index is -1.04. The molecule has 2 heterocycles. The largest absolute Gasteiger partial charge is 0.383 e. The van der Waals surface area contributed by atoms with Gasteiger partial charge in [0.25, 0.3) is 11.9 Å². The highest BCUT2D eigenvalue weighted by atomic mass is 16.3. The lowest BCUT2D eigenvalue weighted by Crippen LogP contribution is -2.67. The third-order valence-corrected chi connectivity index (χ3v) is 3.14. The summed E-state index contributed by atoms with van der Waals surface area (Å²) >= 11 is 0. The van der Waals surface area contributed by atoms with Gasteiger partial charge in [0.1, 0.15) is 5.60 Å². The molecule has 0 aliphatic carbocycles. The summed E-state index contributed by atoms with van der Waals surface area (Å²) in [6.07, 6.45) is 4.13. The van der Waals surface area contributed by atoms with Crippen molar-refractivity contribution in [2.75, 3.05) is 0 Å². The van der Waals surface area contributed by atoms with E-state index in [0.717, 1.165) is 0 Å². The van der Waals surface area contributed by atoms with Crippen LogP contribution in [0.25, 0.3) is 0 Å². The number of aromatic nitrogens is 1. The summed E-state index contributed by atoms with van der Waals surface area (Å²) in [6.45, 7) is 5.56. The predicted octanol–water partition coefficient (Wildman–Crippen LogP) is 0.565. The van der Waals surface area contributed by atoms with Crippen LogP contribution in [0, 0.1) is 0 Å². The number of carbonyl (C=O) groups excluding carboxylic acids is 1. The van der Waals surface area contributed by atoms with Gasteiger partial charge in [-0.1, -0.05) is 6.07 Å². The Kier molecular flexibility index (Phi) is 2.70. The van der Waals surface area contributed by atoms with Crippen molar-refractivity contribution < 1.29 is 14.5 Å². The second-order valence-corrected chi connectivity index (χ2v) is 5.63. The van der Waals surface area contributed by atoms with Crippen LogP contribution in [0.3, 0.4) is 0 Å². The molecule has 0 saturated carbocycles. The van der Waals surface area contributed by atoms with Crippen LogP contribution < -0.4 is 9.88 Å². The lowest BCUT2D eigenvalue weighted by molar-refractivity contribution is -0.724. The van der Waals surface area contributed by atoms with Gasteiger partial charge >= 0.3 is 0 Å². The van der Waals surface area contributed by atoms with Crippen molar-refractivity contribution in [3.05, 3.63) is 30.6 Å². The highest BCUT2D eigenvalue weighted by Crippen LogP contribution is 2.32. The quantitative estimate of drug-likeness (QED) is 0.699. The molecule has 0 spiro atoms. The number of aliphatic hydroxyl groups is 1. The van der Waals surface area contributed by atoms with Crippen LogP contribution in [0.4, 0.5) is 0 Å². The van der Waals surface area contributed by atoms with Gasteiger partial charge in [-0.25, -0.2) is 0 Å². The van der Waals surface area contributed by atoms with E-state index >= 15 is 0 Å². The van der Waals surface area contributed by atoms with Crippen molar-refractivity contribution in [1.29, 1.82) is 0 Å². The summed E-state index contributed by atoms with van der Waals surface area (Å²) in [5.74, 6) is -0.137. The summed E-state index contributed by atoms with van der Waals surface area (Å²) in [6, 6.07) is 5.01. The van der Waals surface area contributed by atoms with E-state index in [0.29, 0.717) is 6.42 Å². The average molecular weight is 235 g/mol. The number of hydrogen-bond acceptors (Lipinski definition) is 2. The molecule has 1 aliphatic rings. The highest BCUT2D eigenvalue weighted by molar-refractivity contribution is 5.81. The third-order valence-electron chi connectivity index (χ3n) is 3.14. The maximum atomic E-state index is 12.1. The SMILES string of the molecule is CC1(C)C[C@@](C)(O)[C@H]([n+]2ccccc2)C(=O)N1. The molecule has 0 aromatic carbocycles. The topological polar surface area (TPSA) is 53.2 Å². The Balaban J connectivity index is 2.38. The van der Waals surface area contributed by atoms with Crippen LogP contribution in [-0.2, 0) is 4.79 Å². The first-order valence-electron chi connectivity index (χ1n) is 5.82. The Morgan fingerprint density at radius 2 is 1.88 bits per heavy atom. The standard InChI is InChI=1S/C13H18N2O2/c1-12(2)9-13(3,17)10(11(16)14-12)15-7-5-4-6-8-15/h4-8,10,17H,9H2,1-3H3/p+1/t10-,13-/m1/s1. The van der Waals surface area contributed by atoms with E-state index < -0.39 is 11.6 Å². The molecular weight excluding hydrogens is 216 g/mol. The maximum Gasteiger partial charge on any atom is 0.292 e. The molecule has 0 unspecified atom stereocenters. The number of hydrogen-bond donors (Lipinski definition) is 2. The predicted molar refractivity (Wildman–Crippen MR) is 63.1 cm³/mol. The summed E-state index contributed by atoms with van der Waals surface area (Å²) in [5, 5.41) is 13.5. The molecule has 1 fully saturated rings. The van der Waals surface area contributed by atoms with Gasteiger partial charge in [-0.3, -0.25) is 4.79 Å². The Hall–Kier alpha value is -1.42. The number of pyridine rings is 1. The van der Waals surface area contributed by atoms with E-state index in [-0.39, 0.29) is 11.4 Å². The van der Waals surface area contributed by atoms with E-state index in [1.807, 2.05) is 32.0 Å². The number of carbonyl (C=O) groups is 1. The van der Waals surface area contributed by atoms with Crippen molar-refractivity contribution in [1.82, 2.24) is 5.32 Å². The number of rotatable bonds is 1. The Bertz CT molecular complexity index is 426. The molecule has 17 heavy (non-hydrogen) atoms. The summed E-state index contributed by atoms with van der Waals surface area (Å²) in [5.41, 5.74) is -1.41. The minimum Gasteiger partial charge on any atom is -0.383 e. The van der Waals surface area contributed by atoms with Crippen LogP contribution in [0.2, 0.25) is 0 Å². The van der Waals surface area contributed by atoms with Crippen molar-refractivity contribution in [2.24, 2.45) is 0 Å². The zero-order valence-electron chi connectivity index (χ0n) is 10.5. The van der Waals surface area contributed by atoms with Crippen LogP contribution in [0.15, 0.2) is 30.6 Å². The van der Waals surface area contributed by atoms with E-state index in [1.54, 1.807) is 23.9 Å². The van der Waals surface area contributed by atoms with Gasteiger partial charge in [0.15, 0.2) is 12.4 Å². The molecule has 1 amide bonds. The molecule has 2 atom stereocenters. The first-order valence-corrected chi connectivity index (χ1v) is 5.82. The van der Waals surface area contributed by atoms with Crippen molar-refractivity contribution >= 4 is 5.91 Å². The first-order chi connectivity index (χ1) is 7.82. The van der Waals surface area contributed by atoms with Crippen LogP contribution in [0.1, 0.15) is 33.2 Å².